The number of rotatable bonds is 1. The second kappa shape index (κ2) is 3.23. The monoisotopic (exact) mass is 210 g/mol. The number of halogens is 1. The summed E-state index contributed by atoms with van der Waals surface area (Å²) in [7, 11) is 0. The van der Waals surface area contributed by atoms with E-state index in [2.05, 4.69) is 5.16 Å². The van der Waals surface area contributed by atoms with Crippen molar-refractivity contribution in [2.45, 2.75) is 0 Å². The molecule has 0 atom stereocenters. The first kappa shape index (κ1) is 8.90. The topological polar surface area (TPSA) is 71.8 Å². The van der Waals surface area contributed by atoms with E-state index in [0.29, 0.717) is 16.4 Å². The molecule has 0 fully saturated rings. The maximum absolute atomic E-state index is 8.47. The number of nitrogens with two attached hydrogens (primary N) is 1. The lowest BCUT2D eigenvalue weighted by Gasteiger charge is -1.96. The minimum atomic E-state index is 0.0411. The molecule has 72 valence electrons. The Balaban J connectivity index is 2.61. The van der Waals surface area contributed by atoms with Crippen LogP contribution in [0.4, 0.5) is 0 Å². The fraction of sp³-hybridized carbons (Fsp3) is 0. The predicted molar refractivity (Wildman–Crippen MR) is 53.7 cm³/mol. The molecule has 1 heterocycles. The standard InChI is InChI=1S/C9H7ClN2O2/c10-8-4-5-1-2-6(9(11)12-13)3-7(5)14-8/h1-4,13H,(H2,11,12). The molecule has 3 N–H and O–H groups in total. The van der Waals surface area contributed by atoms with E-state index in [1.165, 1.54) is 0 Å². The summed E-state index contributed by atoms with van der Waals surface area (Å²) in [6, 6.07) is 6.88. The first-order valence-corrected chi connectivity index (χ1v) is 4.25. The van der Waals surface area contributed by atoms with Crippen molar-refractivity contribution in [1.82, 2.24) is 0 Å². The van der Waals surface area contributed by atoms with Crippen molar-refractivity contribution < 1.29 is 9.62 Å². The number of furan rings is 1. The summed E-state index contributed by atoms with van der Waals surface area (Å²) in [5.74, 6) is 0.0411. The van der Waals surface area contributed by atoms with Crippen LogP contribution >= 0.6 is 11.6 Å². The van der Waals surface area contributed by atoms with Crippen molar-refractivity contribution >= 4 is 28.4 Å². The van der Waals surface area contributed by atoms with E-state index in [0.717, 1.165) is 5.39 Å². The molecule has 0 unspecified atom stereocenters. The molecule has 0 saturated carbocycles. The van der Waals surface area contributed by atoms with Gasteiger partial charge in [-0.2, -0.15) is 0 Å². The molecule has 5 heteroatoms. The van der Waals surface area contributed by atoms with Crippen LogP contribution in [0.1, 0.15) is 5.56 Å². The Bertz CT molecular complexity index is 504. The molecule has 2 rings (SSSR count). The molecule has 0 aliphatic heterocycles. The highest BCUT2D eigenvalue weighted by Crippen LogP contribution is 2.23. The van der Waals surface area contributed by atoms with Crippen LogP contribution in [0.5, 0.6) is 0 Å². The molecule has 0 aliphatic rings. The molecule has 2 aromatic rings. The molecule has 4 nitrogen and oxygen atoms in total. The van der Waals surface area contributed by atoms with E-state index >= 15 is 0 Å². The number of oxime groups is 1. The van der Waals surface area contributed by atoms with Gasteiger partial charge in [-0.3, -0.25) is 0 Å². The Morgan fingerprint density at radius 2 is 2.21 bits per heavy atom. The van der Waals surface area contributed by atoms with Crippen LogP contribution < -0.4 is 5.73 Å². The van der Waals surface area contributed by atoms with Crippen molar-refractivity contribution in [3.8, 4) is 0 Å². The van der Waals surface area contributed by atoms with Gasteiger partial charge in [0, 0.05) is 17.0 Å². The van der Waals surface area contributed by atoms with Gasteiger partial charge in [0.2, 0.25) is 0 Å². The average Bonchev–Trinajstić information content (AvgIpc) is 2.55. The van der Waals surface area contributed by atoms with E-state index in [1.807, 2.05) is 0 Å². The summed E-state index contributed by atoms with van der Waals surface area (Å²) < 4.78 is 5.18. The van der Waals surface area contributed by atoms with Gasteiger partial charge in [0.15, 0.2) is 11.1 Å². The Hall–Kier alpha value is -1.68. The van der Waals surface area contributed by atoms with Crippen LogP contribution in [0.3, 0.4) is 0 Å². The van der Waals surface area contributed by atoms with Gasteiger partial charge in [-0.1, -0.05) is 17.3 Å². The van der Waals surface area contributed by atoms with Crippen LogP contribution in [0.15, 0.2) is 33.8 Å². The van der Waals surface area contributed by atoms with E-state index < -0.39 is 0 Å². The summed E-state index contributed by atoms with van der Waals surface area (Å²) in [6.07, 6.45) is 0. The SMILES string of the molecule is N/C(=N/O)c1ccc2cc(Cl)oc2c1. The number of nitrogens with zero attached hydrogens (tertiary/aromatic N) is 1. The number of fused-ring (bicyclic) bond motifs is 1. The third-order valence-electron chi connectivity index (χ3n) is 1.89. The summed E-state index contributed by atoms with van der Waals surface area (Å²) in [5.41, 5.74) is 6.62. The fourth-order valence-corrected chi connectivity index (χ4v) is 1.42. The fourth-order valence-electron chi connectivity index (χ4n) is 1.22. The van der Waals surface area contributed by atoms with Crippen molar-refractivity contribution in [3.05, 3.63) is 35.0 Å². The second-order valence-electron chi connectivity index (χ2n) is 2.79. The van der Waals surface area contributed by atoms with Gasteiger partial charge in [0.25, 0.3) is 0 Å². The van der Waals surface area contributed by atoms with Crippen molar-refractivity contribution in [2.24, 2.45) is 10.9 Å². The molecule has 0 bridgehead atoms. The number of amidine groups is 1. The number of benzene rings is 1. The summed E-state index contributed by atoms with van der Waals surface area (Å²) in [4.78, 5) is 0. The molecule has 1 aromatic heterocycles. The Labute approximate surface area is 84.6 Å². The maximum atomic E-state index is 8.47. The zero-order valence-corrected chi connectivity index (χ0v) is 7.82. The van der Waals surface area contributed by atoms with Crippen molar-refractivity contribution in [1.29, 1.82) is 0 Å². The van der Waals surface area contributed by atoms with Crippen molar-refractivity contribution in [3.63, 3.8) is 0 Å². The third kappa shape index (κ3) is 1.40. The van der Waals surface area contributed by atoms with Gasteiger partial charge >= 0.3 is 0 Å². The summed E-state index contributed by atoms with van der Waals surface area (Å²) in [6.45, 7) is 0. The van der Waals surface area contributed by atoms with Gasteiger partial charge in [-0.25, -0.2) is 0 Å². The highest BCUT2D eigenvalue weighted by molar-refractivity contribution is 6.29. The Morgan fingerprint density at radius 3 is 2.93 bits per heavy atom. The molecular weight excluding hydrogens is 204 g/mol. The molecule has 0 saturated heterocycles. The average molecular weight is 211 g/mol. The second-order valence-corrected chi connectivity index (χ2v) is 3.16. The lowest BCUT2D eigenvalue weighted by molar-refractivity contribution is 0.318. The molecule has 14 heavy (non-hydrogen) atoms. The van der Waals surface area contributed by atoms with Gasteiger partial charge in [-0.05, 0) is 17.7 Å². The van der Waals surface area contributed by atoms with Crippen LogP contribution in [0.25, 0.3) is 11.0 Å². The maximum Gasteiger partial charge on any atom is 0.194 e. The minimum Gasteiger partial charge on any atom is -0.445 e. The zero-order chi connectivity index (χ0) is 10.1. The first-order chi connectivity index (χ1) is 6.70. The van der Waals surface area contributed by atoms with Crippen LogP contribution in [0.2, 0.25) is 5.22 Å². The lowest BCUT2D eigenvalue weighted by Crippen LogP contribution is -2.12. The predicted octanol–water partition coefficient (Wildman–Crippen LogP) is 2.18. The van der Waals surface area contributed by atoms with E-state index in [9.17, 15) is 0 Å². The summed E-state index contributed by atoms with van der Waals surface area (Å²) >= 11 is 5.67. The highest BCUT2D eigenvalue weighted by atomic mass is 35.5. The third-order valence-corrected chi connectivity index (χ3v) is 2.08. The largest absolute Gasteiger partial charge is 0.445 e. The summed E-state index contributed by atoms with van der Waals surface area (Å²) in [5, 5.41) is 12.6. The van der Waals surface area contributed by atoms with Gasteiger partial charge in [-0.15, -0.1) is 0 Å². The Morgan fingerprint density at radius 1 is 1.43 bits per heavy atom. The molecule has 0 radical (unpaired) electrons. The zero-order valence-electron chi connectivity index (χ0n) is 7.07. The van der Waals surface area contributed by atoms with Crippen LogP contribution in [0, 0.1) is 0 Å². The Kier molecular flexibility index (Phi) is 2.05. The molecular formula is C9H7ClN2O2. The smallest absolute Gasteiger partial charge is 0.194 e. The van der Waals surface area contributed by atoms with E-state index in [-0.39, 0.29) is 5.84 Å². The quantitative estimate of drug-likeness (QED) is 0.328. The van der Waals surface area contributed by atoms with Gasteiger partial charge < -0.3 is 15.4 Å². The van der Waals surface area contributed by atoms with Gasteiger partial charge in [0.1, 0.15) is 5.58 Å². The number of hydrogen-bond acceptors (Lipinski definition) is 3. The number of hydrogen-bond donors (Lipinski definition) is 2. The molecule has 0 amide bonds. The molecule has 1 aromatic carbocycles. The van der Waals surface area contributed by atoms with Crippen LogP contribution in [-0.2, 0) is 0 Å². The lowest BCUT2D eigenvalue weighted by atomic mass is 10.1. The van der Waals surface area contributed by atoms with Crippen molar-refractivity contribution in [2.75, 3.05) is 0 Å². The van der Waals surface area contributed by atoms with E-state index in [4.69, 9.17) is 27.0 Å². The van der Waals surface area contributed by atoms with E-state index in [1.54, 1.807) is 24.3 Å². The van der Waals surface area contributed by atoms with Crippen LogP contribution in [-0.4, -0.2) is 11.0 Å². The minimum absolute atomic E-state index is 0.0411. The highest BCUT2D eigenvalue weighted by Gasteiger charge is 2.04. The molecule has 0 aliphatic carbocycles. The first-order valence-electron chi connectivity index (χ1n) is 3.87. The van der Waals surface area contributed by atoms with Gasteiger partial charge in [0.05, 0.1) is 0 Å². The normalized spacial score (nSPS) is 12.2. The molecule has 0 spiro atoms.